The molecule has 2 aliphatic heterocycles. The summed E-state index contributed by atoms with van der Waals surface area (Å²) in [5.41, 5.74) is 0. The van der Waals surface area contributed by atoms with Gasteiger partial charge in [-0.1, -0.05) is 0 Å². The van der Waals surface area contributed by atoms with Gasteiger partial charge < -0.3 is 24.6 Å². The second-order valence-corrected chi connectivity index (χ2v) is 7.67. The summed E-state index contributed by atoms with van der Waals surface area (Å²) in [4.78, 5) is 40.7. The van der Waals surface area contributed by atoms with E-state index < -0.39 is 0 Å². The molecule has 0 bridgehead atoms. The van der Waals surface area contributed by atoms with Crippen molar-refractivity contribution in [2.45, 2.75) is 50.7 Å². The summed E-state index contributed by atoms with van der Waals surface area (Å²) in [6, 6.07) is -0.203. The second kappa shape index (κ2) is 9.50. The molecule has 3 atom stereocenters. The standard InChI is InChI=1S/C19H31N3O5/c1-26-16-6-5-14(19(25)21-8-10-27-11-9-21)12-15(16)20-17(23)13-22-7-3-2-4-18(22)24/h14-16H,2-13H2,1H3,(H,20,23)/t14-,15+,16+/m0/s1. The number of hydrogen-bond donors (Lipinski definition) is 1. The minimum Gasteiger partial charge on any atom is -0.379 e. The molecule has 3 aliphatic rings. The van der Waals surface area contributed by atoms with Crippen molar-refractivity contribution in [2.75, 3.05) is 46.5 Å². The zero-order valence-corrected chi connectivity index (χ0v) is 16.2. The number of piperidine rings is 1. The van der Waals surface area contributed by atoms with E-state index in [1.165, 1.54) is 0 Å². The smallest absolute Gasteiger partial charge is 0.239 e. The molecule has 1 saturated carbocycles. The summed E-state index contributed by atoms with van der Waals surface area (Å²) in [6.07, 6.45) is 4.36. The summed E-state index contributed by atoms with van der Waals surface area (Å²) < 4.78 is 10.9. The van der Waals surface area contributed by atoms with Crippen LogP contribution in [0.15, 0.2) is 0 Å². The highest BCUT2D eigenvalue weighted by Crippen LogP contribution is 2.28. The number of methoxy groups -OCH3 is 1. The number of nitrogens with one attached hydrogen (secondary N) is 1. The van der Waals surface area contributed by atoms with Gasteiger partial charge in [-0.3, -0.25) is 14.4 Å². The number of rotatable bonds is 5. The Bertz CT molecular complexity index is 549. The van der Waals surface area contributed by atoms with Crippen molar-refractivity contribution in [1.29, 1.82) is 0 Å². The normalized spacial score (nSPS) is 29.5. The Hall–Kier alpha value is -1.67. The van der Waals surface area contributed by atoms with Gasteiger partial charge in [0.25, 0.3) is 0 Å². The largest absolute Gasteiger partial charge is 0.379 e. The highest BCUT2D eigenvalue weighted by Gasteiger charge is 2.37. The van der Waals surface area contributed by atoms with E-state index in [9.17, 15) is 14.4 Å². The minimum atomic E-state index is -0.203. The number of carbonyl (C=O) groups is 3. The predicted molar refractivity (Wildman–Crippen MR) is 97.9 cm³/mol. The summed E-state index contributed by atoms with van der Waals surface area (Å²) >= 11 is 0. The summed E-state index contributed by atoms with van der Waals surface area (Å²) in [5, 5.41) is 3.02. The Kier molecular flexibility index (Phi) is 7.07. The first kappa shape index (κ1) is 20.1. The van der Waals surface area contributed by atoms with Gasteiger partial charge in [-0.05, 0) is 32.1 Å². The topological polar surface area (TPSA) is 88.2 Å². The molecule has 8 heteroatoms. The fraction of sp³-hybridized carbons (Fsp3) is 0.842. The second-order valence-electron chi connectivity index (χ2n) is 7.67. The van der Waals surface area contributed by atoms with Crippen molar-refractivity contribution in [2.24, 2.45) is 5.92 Å². The van der Waals surface area contributed by atoms with Gasteiger partial charge in [0.05, 0.1) is 31.9 Å². The zero-order chi connectivity index (χ0) is 19.2. The van der Waals surface area contributed by atoms with E-state index in [-0.39, 0.29) is 42.3 Å². The molecule has 0 spiro atoms. The number of hydrogen-bond acceptors (Lipinski definition) is 5. The summed E-state index contributed by atoms with van der Waals surface area (Å²) in [7, 11) is 1.64. The molecule has 2 heterocycles. The van der Waals surface area contributed by atoms with E-state index in [1.54, 1.807) is 12.0 Å². The van der Waals surface area contributed by atoms with Gasteiger partial charge in [-0.25, -0.2) is 0 Å². The van der Waals surface area contributed by atoms with Crippen LogP contribution in [0.5, 0.6) is 0 Å². The van der Waals surface area contributed by atoms with Crippen LogP contribution in [0.1, 0.15) is 38.5 Å². The van der Waals surface area contributed by atoms with Gasteiger partial charge in [0.2, 0.25) is 17.7 Å². The number of carbonyl (C=O) groups excluding carboxylic acids is 3. The van der Waals surface area contributed by atoms with E-state index in [2.05, 4.69) is 5.32 Å². The van der Waals surface area contributed by atoms with E-state index in [1.807, 2.05) is 4.90 Å². The minimum absolute atomic E-state index is 0.0451. The summed E-state index contributed by atoms with van der Waals surface area (Å²) in [6.45, 7) is 3.18. The molecule has 3 fully saturated rings. The van der Waals surface area contributed by atoms with E-state index in [4.69, 9.17) is 9.47 Å². The van der Waals surface area contributed by atoms with Crippen molar-refractivity contribution in [3.05, 3.63) is 0 Å². The van der Waals surface area contributed by atoms with E-state index in [0.29, 0.717) is 45.7 Å². The van der Waals surface area contributed by atoms with Crippen molar-refractivity contribution in [1.82, 2.24) is 15.1 Å². The van der Waals surface area contributed by atoms with Gasteiger partial charge in [-0.2, -0.15) is 0 Å². The molecule has 0 aromatic rings. The monoisotopic (exact) mass is 381 g/mol. The molecule has 1 N–H and O–H groups in total. The highest BCUT2D eigenvalue weighted by atomic mass is 16.5. The molecule has 27 heavy (non-hydrogen) atoms. The molecule has 152 valence electrons. The summed E-state index contributed by atoms with van der Waals surface area (Å²) in [5.74, 6) is -0.0739. The predicted octanol–water partition coefficient (Wildman–Crippen LogP) is 0.158. The van der Waals surface area contributed by atoms with Crippen LogP contribution in [-0.2, 0) is 23.9 Å². The molecule has 1 aliphatic carbocycles. The van der Waals surface area contributed by atoms with Crippen LogP contribution < -0.4 is 5.32 Å². The van der Waals surface area contributed by atoms with E-state index in [0.717, 1.165) is 25.7 Å². The van der Waals surface area contributed by atoms with Crippen LogP contribution in [0.25, 0.3) is 0 Å². The maximum absolute atomic E-state index is 12.8. The molecule has 3 amide bonds. The van der Waals surface area contributed by atoms with Crippen LogP contribution in [0.3, 0.4) is 0 Å². The first-order valence-corrected chi connectivity index (χ1v) is 10.0. The van der Waals surface area contributed by atoms with Crippen molar-refractivity contribution in [3.8, 4) is 0 Å². The maximum atomic E-state index is 12.8. The number of nitrogens with zero attached hydrogens (tertiary/aromatic N) is 2. The van der Waals surface area contributed by atoms with Gasteiger partial charge in [0.1, 0.15) is 0 Å². The number of morpholine rings is 1. The molecular formula is C19H31N3O5. The van der Waals surface area contributed by atoms with Crippen molar-refractivity contribution < 1.29 is 23.9 Å². The molecule has 2 saturated heterocycles. The maximum Gasteiger partial charge on any atom is 0.239 e. The van der Waals surface area contributed by atoms with Crippen LogP contribution >= 0.6 is 0 Å². The first-order chi connectivity index (χ1) is 13.1. The Morgan fingerprint density at radius 2 is 1.96 bits per heavy atom. The van der Waals surface area contributed by atoms with Crippen LogP contribution in [0, 0.1) is 5.92 Å². The number of amides is 3. The van der Waals surface area contributed by atoms with Gasteiger partial charge in [-0.15, -0.1) is 0 Å². The van der Waals surface area contributed by atoms with Crippen LogP contribution in [0.2, 0.25) is 0 Å². The van der Waals surface area contributed by atoms with Crippen molar-refractivity contribution >= 4 is 17.7 Å². The lowest BCUT2D eigenvalue weighted by Gasteiger charge is -2.38. The molecule has 0 aromatic heterocycles. The third-order valence-electron chi connectivity index (χ3n) is 5.86. The lowest BCUT2D eigenvalue weighted by molar-refractivity contribution is -0.143. The van der Waals surface area contributed by atoms with Gasteiger partial charge in [0.15, 0.2) is 0 Å². The molecule has 3 rings (SSSR count). The fourth-order valence-electron chi connectivity index (χ4n) is 4.30. The Labute approximate surface area is 160 Å². The van der Waals surface area contributed by atoms with Crippen LogP contribution in [-0.4, -0.2) is 86.2 Å². The average molecular weight is 381 g/mol. The van der Waals surface area contributed by atoms with Crippen LogP contribution in [0.4, 0.5) is 0 Å². The van der Waals surface area contributed by atoms with E-state index >= 15 is 0 Å². The highest BCUT2D eigenvalue weighted by molar-refractivity contribution is 5.85. The molecule has 0 aromatic carbocycles. The lowest BCUT2D eigenvalue weighted by Crippen LogP contribution is -2.54. The van der Waals surface area contributed by atoms with Crippen molar-refractivity contribution in [3.63, 3.8) is 0 Å². The van der Waals surface area contributed by atoms with Gasteiger partial charge in [0, 0.05) is 39.1 Å². The Morgan fingerprint density at radius 1 is 1.19 bits per heavy atom. The SMILES string of the molecule is CO[C@@H]1CC[C@H](C(=O)N2CCOCC2)C[C@H]1NC(=O)CN1CCCCC1=O. The molecular weight excluding hydrogens is 350 g/mol. The van der Waals surface area contributed by atoms with Gasteiger partial charge >= 0.3 is 0 Å². The first-order valence-electron chi connectivity index (χ1n) is 10.0. The molecule has 0 radical (unpaired) electrons. The quantitative estimate of drug-likeness (QED) is 0.733. The Balaban J connectivity index is 1.55. The fourth-order valence-corrected chi connectivity index (χ4v) is 4.30. The molecule has 0 unspecified atom stereocenters. The lowest BCUT2D eigenvalue weighted by atomic mass is 9.82. The Morgan fingerprint density at radius 3 is 2.67 bits per heavy atom. The number of ether oxygens (including phenoxy) is 2. The average Bonchev–Trinajstić information content (AvgIpc) is 2.70. The zero-order valence-electron chi connectivity index (χ0n) is 16.2. The number of likely N-dealkylation sites (tertiary alicyclic amines) is 1. The third kappa shape index (κ3) is 5.19. The molecule has 8 nitrogen and oxygen atoms in total. The third-order valence-corrected chi connectivity index (χ3v) is 5.86.